The third-order valence-electron chi connectivity index (χ3n) is 1.22. The van der Waals surface area contributed by atoms with Crippen LogP contribution in [0.1, 0.15) is 10.7 Å². The Morgan fingerprint density at radius 3 is 3.09 bits per heavy atom. The largest absolute Gasteiger partial charge is 0.316 e. The van der Waals surface area contributed by atoms with Gasteiger partial charge < -0.3 is 5.32 Å². The van der Waals surface area contributed by atoms with Crippen LogP contribution < -0.4 is 5.32 Å². The van der Waals surface area contributed by atoms with E-state index >= 15 is 0 Å². The van der Waals surface area contributed by atoms with Gasteiger partial charge in [0.1, 0.15) is 5.01 Å². The first-order valence-corrected chi connectivity index (χ1v) is 4.44. The molecule has 0 aromatic carbocycles. The van der Waals surface area contributed by atoms with Gasteiger partial charge in [-0.3, -0.25) is 0 Å². The molecule has 1 N–H and O–H groups in total. The molecule has 0 aliphatic rings. The molecule has 0 aliphatic heterocycles. The van der Waals surface area contributed by atoms with Gasteiger partial charge in [-0.2, -0.15) is 0 Å². The second kappa shape index (κ2) is 4.26. The van der Waals surface area contributed by atoms with Gasteiger partial charge in [0.05, 0.1) is 0 Å². The average Bonchev–Trinajstić information content (AvgIpc) is 2.37. The predicted octanol–water partition coefficient (Wildman–Crippen LogP) is 1.68. The molecule has 0 spiro atoms. The Morgan fingerprint density at radius 2 is 2.55 bits per heavy atom. The van der Waals surface area contributed by atoms with Crippen LogP contribution in [-0.4, -0.2) is 18.6 Å². The fraction of sp³-hybridized carbons (Fsp3) is 0.375. The molecule has 0 bridgehead atoms. The number of aryl methyl sites for hydroxylation is 1. The van der Waals surface area contributed by atoms with Gasteiger partial charge in [0, 0.05) is 17.6 Å². The Kier molecular flexibility index (Phi) is 3.26. The lowest BCUT2D eigenvalue weighted by atomic mass is 10.5. The Hall–Kier alpha value is -0.670. The number of aromatic nitrogens is 1. The molecule has 0 unspecified atom stereocenters. The lowest BCUT2D eigenvalue weighted by Crippen LogP contribution is -2.03. The van der Waals surface area contributed by atoms with Gasteiger partial charge in [0.15, 0.2) is 0 Å². The van der Waals surface area contributed by atoms with E-state index in [4.69, 9.17) is 0 Å². The third kappa shape index (κ3) is 2.82. The van der Waals surface area contributed by atoms with Gasteiger partial charge in [-0.1, -0.05) is 6.08 Å². The average molecular weight is 168 g/mol. The summed E-state index contributed by atoms with van der Waals surface area (Å²) >= 11 is 1.67. The van der Waals surface area contributed by atoms with Crippen molar-refractivity contribution in [2.24, 2.45) is 0 Å². The molecule has 0 radical (unpaired) electrons. The lowest BCUT2D eigenvalue weighted by molar-refractivity contribution is 0.922. The van der Waals surface area contributed by atoms with Crippen LogP contribution in [-0.2, 0) is 0 Å². The highest BCUT2D eigenvalue weighted by Gasteiger charge is 1.90. The molecule has 3 heteroatoms. The predicted molar refractivity (Wildman–Crippen MR) is 49.8 cm³/mol. The summed E-state index contributed by atoms with van der Waals surface area (Å²) in [6.45, 7) is 2.91. The van der Waals surface area contributed by atoms with Gasteiger partial charge in [0.2, 0.25) is 0 Å². The van der Waals surface area contributed by atoms with E-state index in [2.05, 4.69) is 21.8 Å². The minimum atomic E-state index is 0.901. The summed E-state index contributed by atoms with van der Waals surface area (Å²) in [6.07, 6.45) is 4.10. The van der Waals surface area contributed by atoms with E-state index < -0.39 is 0 Å². The van der Waals surface area contributed by atoms with E-state index in [1.54, 1.807) is 11.3 Å². The quantitative estimate of drug-likeness (QED) is 0.743. The second-order valence-corrected chi connectivity index (χ2v) is 3.18. The highest BCUT2D eigenvalue weighted by Crippen LogP contribution is 2.09. The van der Waals surface area contributed by atoms with Crippen molar-refractivity contribution in [2.75, 3.05) is 13.6 Å². The number of hydrogen-bond acceptors (Lipinski definition) is 3. The summed E-state index contributed by atoms with van der Waals surface area (Å²) in [4.78, 5) is 4.29. The number of hydrogen-bond donors (Lipinski definition) is 1. The summed E-state index contributed by atoms with van der Waals surface area (Å²) in [5.74, 6) is 0. The van der Waals surface area contributed by atoms with Crippen LogP contribution in [0.15, 0.2) is 11.5 Å². The number of nitrogens with one attached hydrogen (secondary N) is 1. The summed E-state index contributed by atoms with van der Waals surface area (Å²) in [5, 5.41) is 6.17. The standard InChI is InChI=1S/C8H12N2S/c1-7-6-11-8(10-7)4-3-5-9-2/h3-4,6,9H,5H2,1-2H3/b4-3+. The first-order chi connectivity index (χ1) is 5.33. The molecule has 60 valence electrons. The van der Waals surface area contributed by atoms with E-state index in [1.165, 1.54) is 0 Å². The van der Waals surface area contributed by atoms with Gasteiger partial charge >= 0.3 is 0 Å². The van der Waals surface area contributed by atoms with Crippen LogP contribution in [0.4, 0.5) is 0 Å². The Morgan fingerprint density at radius 1 is 1.73 bits per heavy atom. The number of rotatable bonds is 3. The fourth-order valence-corrected chi connectivity index (χ4v) is 1.44. The molecular weight excluding hydrogens is 156 g/mol. The topological polar surface area (TPSA) is 24.9 Å². The highest BCUT2D eigenvalue weighted by atomic mass is 32.1. The number of thiazole rings is 1. The van der Waals surface area contributed by atoms with Gasteiger partial charge in [-0.25, -0.2) is 4.98 Å². The molecular formula is C8H12N2S. The Bertz CT molecular complexity index is 240. The van der Waals surface area contributed by atoms with E-state index in [-0.39, 0.29) is 0 Å². The van der Waals surface area contributed by atoms with Crippen molar-refractivity contribution in [2.45, 2.75) is 6.92 Å². The van der Waals surface area contributed by atoms with Crippen LogP contribution in [0.2, 0.25) is 0 Å². The smallest absolute Gasteiger partial charge is 0.116 e. The van der Waals surface area contributed by atoms with Crippen molar-refractivity contribution in [3.63, 3.8) is 0 Å². The summed E-state index contributed by atoms with van der Waals surface area (Å²) < 4.78 is 0. The molecule has 11 heavy (non-hydrogen) atoms. The third-order valence-corrected chi connectivity index (χ3v) is 2.15. The maximum atomic E-state index is 4.29. The lowest BCUT2D eigenvalue weighted by Gasteiger charge is -1.85. The molecule has 0 saturated heterocycles. The zero-order chi connectivity index (χ0) is 8.10. The summed E-state index contributed by atoms with van der Waals surface area (Å²) in [7, 11) is 1.93. The highest BCUT2D eigenvalue weighted by molar-refractivity contribution is 7.10. The maximum Gasteiger partial charge on any atom is 0.116 e. The van der Waals surface area contributed by atoms with E-state index in [9.17, 15) is 0 Å². The molecule has 0 saturated carbocycles. The molecule has 0 amide bonds. The molecule has 1 aromatic heterocycles. The van der Waals surface area contributed by atoms with Crippen LogP contribution in [0, 0.1) is 6.92 Å². The van der Waals surface area contributed by atoms with Gasteiger partial charge in [-0.05, 0) is 20.0 Å². The van der Waals surface area contributed by atoms with Crippen molar-refractivity contribution in [1.29, 1.82) is 0 Å². The molecule has 2 nitrogen and oxygen atoms in total. The van der Waals surface area contributed by atoms with E-state index in [0.717, 1.165) is 17.2 Å². The van der Waals surface area contributed by atoms with E-state index in [1.807, 2.05) is 20.0 Å². The van der Waals surface area contributed by atoms with Crippen LogP contribution in [0.3, 0.4) is 0 Å². The van der Waals surface area contributed by atoms with Gasteiger partial charge in [0.25, 0.3) is 0 Å². The molecule has 0 fully saturated rings. The molecule has 0 aliphatic carbocycles. The van der Waals surface area contributed by atoms with Crippen LogP contribution in [0.5, 0.6) is 0 Å². The number of nitrogens with zero attached hydrogens (tertiary/aromatic N) is 1. The first kappa shape index (κ1) is 8.43. The van der Waals surface area contributed by atoms with Crippen molar-refractivity contribution in [1.82, 2.24) is 10.3 Å². The minimum absolute atomic E-state index is 0.901. The zero-order valence-corrected chi connectivity index (χ0v) is 7.61. The molecule has 1 aromatic rings. The van der Waals surface area contributed by atoms with Crippen molar-refractivity contribution >= 4 is 17.4 Å². The Balaban J connectivity index is 2.50. The minimum Gasteiger partial charge on any atom is -0.316 e. The number of likely N-dealkylation sites (N-methyl/N-ethyl adjacent to an activating group) is 1. The summed E-state index contributed by atoms with van der Waals surface area (Å²) in [5.41, 5.74) is 1.10. The van der Waals surface area contributed by atoms with Crippen molar-refractivity contribution in [3.8, 4) is 0 Å². The van der Waals surface area contributed by atoms with Crippen molar-refractivity contribution < 1.29 is 0 Å². The zero-order valence-electron chi connectivity index (χ0n) is 6.79. The second-order valence-electron chi connectivity index (χ2n) is 2.29. The first-order valence-electron chi connectivity index (χ1n) is 3.56. The molecule has 1 rings (SSSR count). The van der Waals surface area contributed by atoms with Crippen molar-refractivity contribution in [3.05, 3.63) is 22.2 Å². The summed E-state index contributed by atoms with van der Waals surface area (Å²) in [6, 6.07) is 0. The van der Waals surface area contributed by atoms with Gasteiger partial charge in [-0.15, -0.1) is 11.3 Å². The normalized spacial score (nSPS) is 11.1. The van der Waals surface area contributed by atoms with Crippen LogP contribution in [0.25, 0.3) is 6.08 Å². The SMILES string of the molecule is CNC/C=C/c1nc(C)cs1. The Labute approximate surface area is 71.0 Å². The maximum absolute atomic E-state index is 4.29. The fourth-order valence-electron chi connectivity index (χ4n) is 0.726. The molecule has 0 atom stereocenters. The monoisotopic (exact) mass is 168 g/mol. The molecule has 1 heterocycles. The van der Waals surface area contributed by atoms with E-state index in [0.29, 0.717) is 0 Å². The van der Waals surface area contributed by atoms with Crippen LogP contribution >= 0.6 is 11.3 Å².